The van der Waals surface area contributed by atoms with Crippen molar-refractivity contribution in [2.24, 2.45) is 0 Å². The van der Waals surface area contributed by atoms with Crippen LogP contribution < -0.4 is 10.2 Å². The number of likely N-dealkylation sites (N-methyl/N-ethyl adjacent to an activating group) is 1. The highest BCUT2D eigenvalue weighted by Crippen LogP contribution is 2.24. The Kier molecular flexibility index (Phi) is 8.21. The highest BCUT2D eigenvalue weighted by atomic mass is 19.4. The summed E-state index contributed by atoms with van der Waals surface area (Å²) in [6, 6.07) is 5.43. The van der Waals surface area contributed by atoms with E-state index in [1.165, 1.54) is 19.2 Å². The first kappa shape index (κ1) is 26.6. The van der Waals surface area contributed by atoms with Crippen LogP contribution in [0.25, 0.3) is 0 Å². The van der Waals surface area contributed by atoms with Gasteiger partial charge in [-0.3, -0.25) is 24.7 Å². The molecule has 1 aliphatic heterocycles. The van der Waals surface area contributed by atoms with Crippen molar-refractivity contribution in [3.05, 3.63) is 46.8 Å². The number of anilines is 2. The van der Waals surface area contributed by atoms with Crippen LogP contribution in [0.15, 0.2) is 24.4 Å². The number of rotatable bonds is 7. The lowest BCUT2D eigenvalue weighted by Crippen LogP contribution is -2.48. The van der Waals surface area contributed by atoms with Gasteiger partial charge in [-0.25, -0.2) is 14.8 Å². The van der Waals surface area contributed by atoms with Gasteiger partial charge in [0.2, 0.25) is 5.91 Å². The van der Waals surface area contributed by atoms with E-state index in [0.29, 0.717) is 24.9 Å². The topological polar surface area (TPSA) is 123 Å². The molecule has 0 unspecified atom stereocenters. The summed E-state index contributed by atoms with van der Waals surface area (Å²) in [5.41, 5.74) is 0.692. The molecule has 0 aromatic carbocycles. The third kappa shape index (κ3) is 6.76. The van der Waals surface area contributed by atoms with Gasteiger partial charge in [-0.2, -0.15) is 18.4 Å². The number of hydrogen-bond donors (Lipinski definition) is 1. The number of piperazine rings is 1. The molecule has 1 aliphatic rings. The molecule has 3 rings (SSSR count). The number of alkyl halides is 3. The summed E-state index contributed by atoms with van der Waals surface area (Å²) >= 11 is 0. The second kappa shape index (κ2) is 11.1. The molecule has 1 saturated heterocycles. The van der Waals surface area contributed by atoms with Gasteiger partial charge in [0.15, 0.2) is 6.29 Å². The smallest absolute Gasteiger partial charge is 0.336 e. The first-order chi connectivity index (χ1) is 17.0. The molecule has 13 heteroatoms. The second-order valence-electron chi connectivity index (χ2n) is 8.33. The number of aldehydes is 1. The van der Waals surface area contributed by atoms with Crippen molar-refractivity contribution in [1.82, 2.24) is 19.8 Å². The largest absolute Gasteiger partial charge is 0.389 e. The molecule has 0 radical (unpaired) electrons. The van der Waals surface area contributed by atoms with Crippen LogP contribution in [-0.4, -0.2) is 77.9 Å². The van der Waals surface area contributed by atoms with Gasteiger partial charge in [-0.05, 0) is 31.2 Å². The number of aromatic nitrogens is 2. The van der Waals surface area contributed by atoms with Gasteiger partial charge in [0.1, 0.15) is 23.4 Å². The third-order valence-electron chi connectivity index (χ3n) is 5.65. The predicted molar refractivity (Wildman–Crippen MR) is 123 cm³/mol. The summed E-state index contributed by atoms with van der Waals surface area (Å²) in [6.07, 6.45) is -4.32. The lowest BCUT2D eigenvalue weighted by atomic mass is 10.1. The number of nitriles is 1. The SMILES string of the molecule is CN1CCN(Cc2ccc(N(C)C(=O)Nc3cc(CCC(F)(F)F)c(C#N)cn3)nc2C=O)C(=O)C1. The van der Waals surface area contributed by atoms with Crippen LogP contribution in [0.1, 0.15) is 33.6 Å². The average molecular weight is 503 g/mol. The van der Waals surface area contributed by atoms with E-state index in [-0.39, 0.29) is 47.5 Å². The Bertz CT molecular complexity index is 1200. The molecule has 1 fully saturated rings. The van der Waals surface area contributed by atoms with Gasteiger partial charge >= 0.3 is 12.2 Å². The maximum atomic E-state index is 12.7. The van der Waals surface area contributed by atoms with Crippen molar-refractivity contribution >= 4 is 29.9 Å². The average Bonchev–Trinajstić information content (AvgIpc) is 2.83. The molecule has 0 saturated carbocycles. The molecule has 2 aromatic heterocycles. The van der Waals surface area contributed by atoms with Crippen LogP contribution in [0.3, 0.4) is 0 Å². The summed E-state index contributed by atoms with van der Waals surface area (Å²) in [5, 5.41) is 11.6. The number of pyridine rings is 2. The number of nitrogens with one attached hydrogen (secondary N) is 1. The zero-order valence-corrected chi connectivity index (χ0v) is 19.7. The Morgan fingerprint density at radius 3 is 2.69 bits per heavy atom. The number of urea groups is 1. The van der Waals surface area contributed by atoms with Crippen molar-refractivity contribution in [2.45, 2.75) is 25.6 Å². The molecule has 2 aromatic rings. The number of halogens is 3. The van der Waals surface area contributed by atoms with Crippen LogP contribution in [0, 0.1) is 11.3 Å². The standard InChI is InChI=1S/C23H24F3N7O3/c1-31-7-8-33(21(35)13-31)12-16-3-4-20(29-18(16)14-34)32(2)22(36)30-19-9-15(5-6-23(24,25)26)17(10-27)11-28-19/h3-4,9,11,14H,5-8,12-13H2,1-2H3,(H,28,30,36). The zero-order chi connectivity index (χ0) is 26.5. The molecule has 0 atom stereocenters. The van der Waals surface area contributed by atoms with E-state index in [1.54, 1.807) is 17.0 Å². The summed E-state index contributed by atoms with van der Waals surface area (Å²) in [4.78, 5) is 49.4. The van der Waals surface area contributed by atoms with Crippen molar-refractivity contribution < 1.29 is 27.6 Å². The second-order valence-corrected chi connectivity index (χ2v) is 8.33. The van der Waals surface area contributed by atoms with E-state index < -0.39 is 25.0 Å². The van der Waals surface area contributed by atoms with Crippen LogP contribution in [-0.2, 0) is 17.8 Å². The lowest BCUT2D eigenvalue weighted by molar-refractivity contribution is -0.136. The van der Waals surface area contributed by atoms with Crippen LogP contribution in [0.5, 0.6) is 0 Å². The summed E-state index contributed by atoms with van der Waals surface area (Å²) < 4.78 is 37.8. The normalized spacial score (nSPS) is 14.3. The Hall–Kier alpha value is -4.05. The van der Waals surface area contributed by atoms with Crippen molar-refractivity contribution in [3.63, 3.8) is 0 Å². The summed E-state index contributed by atoms with van der Waals surface area (Å²) in [6.45, 7) is 1.71. The zero-order valence-electron chi connectivity index (χ0n) is 19.7. The van der Waals surface area contributed by atoms with Gasteiger partial charge in [0.05, 0.1) is 12.1 Å². The van der Waals surface area contributed by atoms with Gasteiger partial charge in [0, 0.05) is 44.9 Å². The minimum absolute atomic E-state index is 0.0164. The van der Waals surface area contributed by atoms with Crippen LogP contribution in [0.2, 0.25) is 0 Å². The predicted octanol–water partition coefficient (Wildman–Crippen LogP) is 2.60. The molecular weight excluding hydrogens is 479 g/mol. The monoisotopic (exact) mass is 503 g/mol. The van der Waals surface area contributed by atoms with Crippen molar-refractivity contribution in [2.75, 3.05) is 43.9 Å². The van der Waals surface area contributed by atoms with Gasteiger partial charge in [-0.1, -0.05) is 6.07 Å². The van der Waals surface area contributed by atoms with Crippen LogP contribution >= 0.6 is 0 Å². The number of carbonyl (C=O) groups is 3. The number of nitrogens with zero attached hydrogens (tertiary/aromatic N) is 6. The van der Waals surface area contributed by atoms with Gasteiger partial charge < -0.3 is 4.90 Å². The van der Waals surface area contributed by atoms with E-state index in [1.807, 2.05) is 11.9 Å². The molecule has 1 N–H and O–H groups in total. The Labute approximate surface area is 205 Å². The van der Waals surface area contributed by atoms with E-state index >= 15 is 0 Å². The minimum atomic E-state index is -4.40. The quantitative estimate of drug-likeness (QED) is 0.576. The van der Waals surface area contributed by atoms with E-state index in [0.717, 1.165) is 11.1 Å². The molecular formula is C23H24F3N7O3. The Balaban J connectivity index is 1.72. The number of carbonyl (C=O) groups excluding carboxylic acids is 3. The van der Waals surface area contributed by atoms with E-state index in [2.05, 4.69) is 15.3 Å². The van der Waals surface area contributed by atoms with Gasteiger partial charge in [-0.15, -0.1) is 0 Å². The molecule has 0 aliphatic carbocycles. The molecule has 36 heavy (non-hydrogen) atoms. The van der Waals surface area contributed by atoms with Crippen molar-refractivity contribution in [1.29, 1.82) is 5.26 Å². The molecule has 190 valence electrons. The minimum Gasteiger partial charge on any atom is -0.336 e. The number of hydrogen-bond acceptors (Lipinski definition) is 7. The Morgan fingerprint density at radius 1 is 1.31 bits per heavy atom. The first-order valence-corrected chi connectivity index (χ1v) is 10.9. The van der Waals surface area contributed by atoms with Crippen LogP contribution in [0.4, 0.5) is 29.6 Å². The molecule has 10 nitrogen and oxygen atoms in total. The van der Waals surface area contributed by atoms with E-state index in [9.17, 15) is 27.6 Å². The third-order valence-corrected chi connectivity index (χ3v) is 5.65. The fourth-order valence-electron chi connectivity index (χ4n) is 3.56. The maximum absolute atomic E-state index is 12.7. The summed E-state index contributed by atoms with van der Waals surface area (Å²) in [7, 11) is 3.24. The van der Waals surface area contributed by atoms with Gasteiger partial charge in [0.25, 0.3) is 0 Å². The molecule has 3 heterocycles. The maximum Gasteiger partial charge on any atom is 0.389 e. The Morgan fingerprint density at radius 2 is 2.06 bits per heavy atom. The lowest BCUT2D eigenvalue weighted by Gasteiger charge is -2.32. The summed E-state index contributed by atoms with van der Waals surface area (Å²) in [5.74, 6) is 0.0310. The fourth-order valence-corrected chi connectivity index (χ4v) is 3.56. The molecule has 3 amide bonds. The molecule has 0 bridgehead atoms. The fraction of sp³-hybridized carbons (Fsp3) is 0.391. The van der Waals surface area contributed by atoms with E-state index in [4.69, 9.17) is 5.26 Å². The number of amides is 3. The highest BCUT2D eigenvalue weighted by Gasteiger charge is 2.27. The number of aryl methyl sites for hydroxylation is 1. The highest BCUT2D eigenvalue weighted by molar-refractivity contribution is 6.00. The van der Waals surface area contributed by atoms with Crippen molar-refractivity contribution in [3.8, 4) is 6.07 Å². The first-order valence-electron chi connectivity index (χ1n) is 10.9. The molecule has 0 spiro atoms.